The molecule has 186 valence electrons. The maximum atomic E-state index is 12.3. The number of fused-ring (bicyclic) bond motifs is 3. The first-order valence-electron chi connectivity index (χ1n) is 11.9. The Balaban J connectivity index is 0.000000892. The first-order chi connectivity index (χ1) is 18.0. The van der Waals surface area contributed by atoms with Gasteiger partial charge in [-0.1, -0.05) is 60.7 Å². The minimum Gasteiger partial charge on any atom is -0.483 e. The standard InChI is InChI=1S/C28H24N4O2.CH2O2/c1-34-27(33)22-10-5-9-21-25(22)31-32-17-23(18-7-3-2-4-8-18)24(30-26(21)32)19-11-13-20(14-12-19)28(29)15-6-16-28;2-1-3/h2-5,7-14,17H,6,15-16,29H2,1H3;1H,(H,2,3). The van der Waals surface area contributed by atoms with Gasteiger partial charge in [0.1, 0.15) is 5.52 Å². The summed E-state index contributed by atoms with van der Waals surface area (Å²) in [5.41, 5.74) is 13.1. The molecular weight excluding hydrogens is 468 g/mol. The zero-order valence-corrected chi connectivity index (χ0v) is 20.3. The average molecular weight is 495 g/mol. The molecule has 2 aromatic heterocycles. The van der Waals surface area contributed by atoms with E-state index in [1.165, 1.54) is 19.1 Å². The molecule has 8 nitrogen and oxygen atoms in total. The highest BCUT2D eigenvalue weighted by Gasteiger charge is 2.34. The fraction of sp³-hybridized carbons (Fsp3) is 0.172. The van der Waals surface area contributed by atoms with Gasteiger partial charge in [0.2, 0.25) is 0 Å². The summed E-state index contributed by atoms with van der Waals surface area (Å²) in [6.07, 6.45) is 5.21. The van der Waals surface area contributed by atoms with E-state index >= 15 is 0 Å². The predicted octanol–water partition coefficient (Wildman–Crippen LogP) is 5.04. The number of carbonyl (C=O) groups excluding carboxylic acids is 1. The number of aromatic nitrogens is 3. The van der Waals surface area contributed by atoms with Crippen molar-refractivity contribution < 1.29 is 19.4 Å². The van der Waals surface area contributed by atoms with Crippen LogP contribution in [-0.4, -0.2) is 39.3 Å². The molecule has 0 amide bonds. The first-order valence-corrected chi connectivity index (χ1v) is 11.9. The Morgan fingerprint density at radius 2 is 1.73 bits per heavy atom. The molecule has 1 saturated carbocycles. The molecule has 3 N–H and O–H groups in total. The van der Waals surface area contributed by atoms with Crippen molar-refractivity contribution in [2.75, 3.05) is 7.11 Å². The van der Waals surface area contributed by atoms with Crippen LogP contribution in [0.3, 0.4) is 0 Å². The molecule has 0 bridgehead atoms. The van der Waals surface area contributed by atoms with Gasteiger partial charge in [-0.25, -0.2) is 14.3 Å². The van der Waals surface area contributed by atoms with Crippen LogP contribution >= 0.6 is 0 Å². The molecule has 2 heterocycles. The third-order valence-electron chi connectivity index (χ3n) is 6.90. The lowest BCUT2D eigenvalue weighted by Gasteiger charge is -2.38. The Kier molecular flexibility index (Phi) is 6.42. The van der Waals surface area contributed by atoms with Crippen molar-refractivity contribution in [3.05, 3.63) is 90.1 Å². The van der Waals surface area contributed by atoms with Gasteiger partial charge in [0.25, 0.3) is 6.47 Å². The fourth-order valence-corrected chi connectivity index (χ4v) is 4.79. The number of carbonyl (C=O) groups is 2. The van der Waals surface area contributed by atoms with Crippen LogP contribution in [0.4, 0.5) is 0 Å². The van der Waals surface area contributed by atoms with Crippen molar-refractivity contribution in [3.63, 3.8) is 0 Å². The van der Waals surface area contributed by atoms with E-state index in [0.29, 0.717) is 16.7 Å². The highest BCUT2D eigenvalue weighted by atomic mass is 16.5. The monoisotopic (exact) mass is 494 g/mol. The number of nitrogens with two attached hydrogens (primary N) is 1. The molecular formula is C29H26N4O4. The van der Waals surface area contributed by atoms with Crippen molar-refractivity contribution in [1.82, 2.24) is 14.6 Å². The van der Waals surface area contributed by atoms with Crippen molar-refractivity contribution in [2.45, 2.75) is 24.8 Å². The van der Waals surface area contributed by atoms with Crippen LogP contribution in [0.5, 0.6) is 0 Å². The predicted molar refractivity (Wildman–Crippen MR) is 141 cm³/mol. The molecule has 0 atom stereocenters. The zero-order valence-electron chi connectivity index (χ0n) is 20.3. The Morgan fingerprint density at radius 3 is 2.35 bits per heavy atom. The van der Waals surface area contributed by atoms with Crippen molar-refractivity contribution in [3.8, 4) is 22.4 Å². The molecule has 0 radical (unpaired) electrons. The molecule has 0 aliphatic heterocycles. The number of esters is 1. The van der Waals surface area contributed by atoms with Crippen LogP contribution < -0.4 is 5.73 Å². The van der Waals surface area contributed by atoms with Crippen LogP contribution in [-0.2, 0) is 15.1 Å². The van der Waals surface area contributed by atoms with Gasteiger partial charge in [-0.15, -0.1) is 0 Å². The van der Waals surface area contributed by atoms with Gasteiger partial charge in [-0.05, 0) is 42.5 Å². The number of methoxy groups -OCH3 is 1. The van der Waals surface area contributed by atoms with Crippen molar-refractivity contribution >= 4 is 29.0 Å². The number of hydrogen-bond acceptors (Lipinski definition) is 6. The Bertz CT molecular complexity index is 1590. The molecule has 1 fully saturated rings. The van der Waals surface area contributed by atoms with Crippen LogP contribution in [0, 0.1) is 0 Å². The summed E-state index contributed by atoms with van der Waals surface area (Å²) < 4.78 is 6.71. The summed E-state index contributed by atoms with van der Waals surface area (Å²) >= 11 is 0. The maximum absolute atomic E-state index is 12.3. The molecule has 0 unspecified atom stereocenters. The number of ether oxygens (including phenoxy) is 1. The van der Waals surface area contributed by atoms with Crippen LogP contribution in [0.25, 0.3) is 38.9 Å². The summed E-state index contributed by atoms with van der Waals surface area (Å²) in [4.78, 5) is 25.8. The molecule has 0 spiro atoms. The molecule has 37 heavy (non-hydrogen) atoms. The molecule has 6 rings (SSSR count). The highest BCUT2D eigenvalue weighted by molar-refractivity contribution is 6.07. The number of carboxylic acid groups (broad SMARTS) is 1. The molecule has 1 aliphatic carbocycles. The summed E-state index contributed by atoms with van der Waals surface area (Å²) in [5, 5.41) is 12.4. The van der Waals surface area contributed by atoms with E-state index in [1.807, 2.05) is 36.5 Å². The van der Waals surface area contributed by atoms with Gasteiger partial charge in [0, 0.05) is 28.2 Å². The third kappa shape index (κ3) is 4.32. The summed E-state index contributed by atoms with van der Waals surface area (Å²) in [5.74, 6) is -0.417. The minimum atomic E-state index is -0.417. The summed E-state index contributed by atoms with van der Waals surface area (Å²) in [6, 6.07) is 24.1. The highest BCUT2D eigenvalue weighted by Crippen LogP contribution is 2.40. The number of rotatable bonds is 4. The molecule has 1 aliphatic rings. The SMILES string of the molecule is COC(=O)c1cccc2c1nn1cc(-c3ccccc3)c(-c3ccc(C4(N)CCC4)cc3)nc21.O=CO. The van der Waals surface area contributed by atoms with Gasteiger partial charge >= 0.3 is 5.97 Å². The largest absolute Gasteiger partial charge is 0.483 e. The smallest absolute Gasteiger partial charge is 0.340 e. The average Bonchev–Trinajstić information content (AvgIpc) is 3.29. The summed E-state index contributed by atoms with van der Waals surface area (Å²) in [6.45, 7) is -0.250. The van der Waals surface area contributed by atoms with Crippen molar-refractivity contribution in [2.24, 2.45) is 5.73 Å². The molecule has 0 saturated heterocycles. The van der Waals surface area contributed by atoms with Gasteiger partial charge in [-0.2, -0.15) is 5.10 Å². The Hall–Kier alpha value is -4.56. The van der Waals surface area contributed by atoms with E-state index in [1.54, 1.807) is 10.6 Å². The Labute approximate surface area is 213 Å². The maximum Gasteiger partial charge on any atom is 0.340 e. The van der Waals surface area contributed by atoms with Crippen LogP contribution in [0.2, 0.25) is 0 Å². The molecule has 5 aromatic rings. The number of hydrogen-bond donors (Lipinski definition) is 2. The summed E-state index contributed by atoms with van der Waals surface area (Å²) in [7, 11) is 1.37. The van der Waals surface area contributed by atoms with Crippen LogP contribution in [0.15, 0.2) is 79.0 Å². The zero-order chi connectivity index (χ0) is 26.0. The second kappa shape index (κ2) is 9.83. The minimum absolute atomic E-state index is 0.204. The van der Waals surface area contributed by atoms with Gasteiger partial charge in [0.15, 0.2) is 5.65 Å². The molecule has 8 heteroatoms. The van der Waals surface area contributed by atoms with Gasteiger partial charge in [-0.3, -0.25) is 4.79 Å². The van der Waals surface area contributed by atoms with Crippen LogP contribution in [0.1, 0.15) is 35.2 Å². The van der Waals surface area contributed by atoms with E-state index in [9.17, 15) is 4.79 Å². The molecule has 3 aromatic carbocycles. The topological polar surface area (TPSA) is 120 Å². The first kappa shape index (κ1) is 24.1. The van der Waals surface area contributed by atoms with Gasteiger partial charge in [0.05, 0.1) is 18.4 Å². The normalized spacial score (nSPS) is 13.9. The van der Waals surface area contributed by atoms with E-state index in [4.69, 9.17) is 30.5 Å². The fourth-order valence-electron chi connectivity index (χ4n) is 4.79. The third-order valence-corrected chi connectivity index (χ3v) is 6.90. The van der Waals surface area contributed by atoms with E-state index in [-0.39, 0.29) is 12.0 Å². The lowest BCUT2D eigenvalue weighted by Crippen LogP contribution is -2.43. The van der Waals surface area contributed by atoms with Crippen molar-refractivity contribution in [1.29, 1.82) is 0 Å². The number of nitrogens with zero attached hydrogens (tertiary/aromatic N) is 3. The van der Waals surface area contributed by atoms with E-state index in [2.05, 4.69) is 36.4 Å². The Morgan fingerprint density at radius 1 is 1.03 bits per heavy atom. The van der Waals surface area contributed by atoms with Gasteiger partial charge < -0.3 is 15.6 Å². The lowest BCUT2D eigenvalue weighted by atomic mass is 9.72. The van der Waals surface area contributed by atoms with E-state index < -0.39 is 5.97 Å². The second-order valence-electron chi connectivity index (χ2n) is 9.02. The quantitative estimate of drug-likeness (QED) is 0.265. The van der Waals surface area contributed by atoms with E-state index in [0.717, 1.165) is 40.6 Å². The lowest BCUT2D eigenvalue weighted by molar-refractivity contribution is -0.122. The second-order valence-corrected chi connectivity index (χ2v) is 9.02. The number of benzene rings is 3.